The number of hydrogen-bond donors (Lipinski definition) is 1. The van der Waals surface area contributed by atoms with Crippen molar-refractivity contribution in [1.82, 2.24) is 9.97 Å². The topological polar surface area (TPSA) is 51.8 Å². The molecule has 1 aromatic heterocycles. The van der Waals surface area contributed by atoms with Crippen LogP contribution in [0.2, 0.25) is 0 Å². The molecule has 3 heteroatoms. The average molecular weight is 193 g/mol. The second-order valence-corrected chi connectivity index (χ2v) is 3.91. The molecule has 1 aromatic rings. The molecule has 0 aromatic carbocycles. The second kappa shape index (κ2) is 5.70. The average Bonchev–Trinajstić information content (AvgIpc) is 2.19. The first kappa shape index (κ1) is 11.1. The monoisotopic (exact) mass is 193 g/mol. The fraction of sp³-hybridized carbons (Fsp3) is 0.636. The number of nitrogens with two attached hydrogens (primary N) is 1. The maximum atomic E-state index is 6.05. The summed E-state index contributed by atoms with van der Waals surface area (Å²) < 4.78 is 0. The van der Waals surface area contributed by atoms with Gasteiger partial charge in [-0.2, -0.15) is 0 Å². The fourth-order valence-electron chi connectivity index (χ4n) is 1.68. The molecule has 0 aliphatic carbocycles. The molecule has 0 spiro atoms. The molecule has 2 N–H and O–H groups in total. The van der Waals surface area contributed by atoms with Gasteiger partial charge in [-0.25, -0.2) is 9.97 Å². The Morgan fingerprint density at radius 1 is 1.36 bits per heavy atom. The SMILES string of the molecule is CCCC(C)CC(N)c1cncnc1. The van der Waals surface area contributed by atoms with Crippen molar-refractivity contribution >= 4 is 0 Å². The highest BCUT2D eigenvalue weighted by Gasteiger charge is 2.10. The smallest absolute Gasteiger partial charge is 0.115 e. The Morgan fingerprint density at radius 2 is 2.00 bits per heavy atom. The molecule has 78 valence electrons. The first-order valence-corrected chi connectivity index (χ1v) is 5.24. The van der Waals surface area contributed by atoms with Crippen LogP contribution in [0.1, 0.15) is 44.7 Å². The van der Waals surface area contributed by atoms with Crippen molar-refractivity contribution < 1.29 is 0 Å². The molecule has 0 bridgehead atoms. The maximum absolute atomic E-state index is 6.05. The third-order valence-corrected chi connectivity index (χ3v) is 2.45. The first-order chi connectivity index (χ1) is 6.74. The van der Waals surface area contributed by atoms with Gasteiger partial charge in [0.2, 0.25) is 0 Å². The molecule has 0 aliphatic heterocycles. The van der Waals surface area contributed by atoms with E-state index in [1.807, 2.05) is 0 Å². The standard InChI is InChI=1S/C11H19N3/c1-3-4-9(2)5-11(12)10-6-13-8-14-7-10/h6-9,11H,3-5,12H2,1-2H3. The highest BCUT2D eigenvalue weighted by molar-refractivity contribution is 5.08. The van der Waals surface area contributed by atoms with Crippen molar-refractivity contribution in [1.29, 1.82) is 0 Å². The van der Waals surface area contributed by atoms with Gasteiger partial charge in [0.05, 0.1) is 0 Å². The molecule has 0 radical (unpaired) electrons. The van der Waals surface area contributed by atoms with Gasteiger partial charge in [0.25, 0.3) is 0 Å². The zero-order chi connectivity index (χ0) is 10.4. The van der Waals surface area contributed by atoms with Gasteiger partial charge in [0, 0.05) is 24.0 Å². The Labute approximate surface area is 85.8 Å². The fourth-order valence-corrected chi connectivity index (χ4v) is 1.68. The largest absolute Gasteiger partial charge is 0.324 e. The van der Waals surface area contributed by atoms with Crippen LogP contribution in [0.3, 0.4) is 0 Å². The van der Waals surface area contributed by atoms with E-state index in [0.717, 1.165) is 12.0 Å². The van der Waals surface area contributed by atoms with Crippen LogP contribution in [0.4, 0.5) is 0 Å². The zero-order valence-corrected chi connectivity index (χ0v) is 8.98. The molecule has 0 amide bonds. The van der Waals surface area contributed by atoms with E-state index in [1.54, 1.807) is 12.4 Å². The van der Waals surface area contributed by atoms with Crippen LogP contribution >= 0.6 is 0 Å². The molecule has 0 saturated carbocycles. The number of aromatic nitrogens is 2. The first-order valence-electron chi connectivity index (χ1n) is 5.24. The lowest BCUT2D eigenvalue weighted by Crippen LogP contribution is -2.14. The van der Waals surface area contributed by atoms with E-state index in [1.165, 1.54) is 19.2 Å². The molecule has 1 rings (SSSR count). The molecule has 0 saturated heterocycles. The molecule has 0 aliphatic rings. The van der Waals surface area contributed by atoms with E-state index in [0.29, 0.717) is 5.92 Å². The number of hydrogen-bond acceptors (Lipinski definition) is 3. The summed E-state index contributed by atoms with van der Waals surface area (Å²) >= 11 is 0. The quantitative estimate of drug-likeness (QED) is 0.780. The van der Waals surface area contributed by atoms with Crippen LogP contribution in [0.25, 0.3) is 0 Å². The lowest BCUT2D eigenvalue weighted by atomic mass is 9.95. The van der Waals surface area contributed by atoms with E-state index < -0.39 is 0 Å². The number of nitrogens with zero attached hydrogens (tertiary/aromatic N) is 2. The van der Waals surface area contributed by atoms with Gasteiger partial charge >= 0.3 is 0 Å². The summed E-state index contributed by atoms with van der Waals surface area (Å²) in [6, 6.07) is 0.0812. The summed E-state index contributed by atoms with van der Waals surface area (Å²) in [5, 5.41) is 0. The van der Waals surface area contributed by atoms with Crippen LogP contribution < -0.4 is 5.73 Å². The van der Waals surface area contributed by atoms with E-state index in [-0.39, 0.29) is 6.04 Å². The third-order valence-electron chi connectivity index (χ3n) is 2.45. The Bertz CT molecular complexity index is 248. The van der Waals surface area contributed by atoms with Crippen molar-refractivity contribution in [2.75, 3.05) is 0 Å². The summed E-state index contributed by atoms with van der Waals surface area (Å²) in [6.45, 7) is 4.45. The van der Waals surface area contributed by atoms with Crippen LogP contribution in [-0.4, -0.2) is 9.97 Å². The lowest BCUT2D eigenvalue weighted by Gasteiger charge is -2.16. The van der Waals surface area contributed by atoms with Gasteiger partial charge in [-0.05, 0) is 12.3 Å². The van der Waals surface area contributed by atoms with E-state index in [2.05, 4.69) is 23.8 Å². The maximum Gasteiger partial charge on any atom is 0.115 e. The Morgan fingerprint density at radius 3 is 2.57 bits per heavy atom. The lowest BCUT2D eigenvalue weighted by molar-refractivity contribution is 0.439. The summed E-state index contributed by atoms with van der Waals surface area (Å²) in [6.07, 6.45) is 8.61. The number of rotatable bonds is 5. The van der Waals surface area contributed by atoms with Gasteiger partial charge in [0.15, 0.2) is 0 Å². The predicted molar refractivity (Wildman–Crippen MR) is 57.6 cm³/mol. The molecular formula is C11H19N3. The minimum atomic E-state index is 0.0812. The van der Waals surface area contributed by atoms with Gasteiger partial charge < -0.3 is 5.73 Å². The van der Waals surface area contributed by atoms with Gasteiger partial charge in [0.1, 0.15) is 6.33 Å². The summed E-state index contributed by atoms with van der Waals surface area (Å²) in [5.41, 5.74) is 7.08. The normalized spacial score (nSPS) is 15.1. The van der Waals surface area contributed by atoms with Gasteiger partial charge in [-0.15, -0.1) is 0 Å². The molecule has 2 unspecified atom stereocenters. The van der Waals surface area contributed by atoms with Crippen molar-refractivity contribution in [3.05, 3.63) is 24.3 Å². The predicted octanol–water partition coefficient (Wildman–Crippen LogP) is 2.30. The Balaban J connectivity index is 2.46. The van der Waals surface area contributed by atoms with Crippen molar-refractivity contribution in [2.24, 2.45) is 11.7 Å². The summed E-state index contributed by atoms with van der Waals surface area (Å²) in [5.74, 6) is 0.676. The molecule has 1 heterocycles. The van der Waals surface area contributed by atoms with Crippen molar-refractivity contribution in [2.45, 2.75) is 39.2 Å². The summed E-state index contributed by atoms with van der Waals surface area (Å²) in [7, 11) is 0. The van der Waals surface area contributed by atoms with Crippen molar-refractivity contribution in [3.8, 4) is 0 Å². The Kier molecular flexibility index (Phi) is 4.53. The van der Waals surface area contributed by atoms with E-state index >= 15 is 0 Å². The molecule has 0 fully saturated rings. The van der Waals surface area contributed by atoms with Crippen LogP contribution in [0.15, 0.2) is 18.7 Å². The molecular weight excluding hydrogens is 174 g/mol. The second-order valence-electron chi connectivity index (χ2n) is 3.91. The van der Waals surface area contributed by atoms with Crippen LogP contribution in [0, 0.1) is 5.92 Å². The van der Waals surface area contributed by atoms with Crippen LogP contribution in [-0.2, 0) is 0 Å². The van der Waals surface area contributed by atoms with Crippen molar-refractivity contribution in [3.63, 3.8) is 0 Å². The highest BCUT2D eigenvalue weighted by atomic mass is 14.8. The van der Waals surface area contributed by atoms with Gasteiger partial charge in [-0.3, -0.25) is 0 Å². The summed E-state index contributed by atoms with van der Waals surface area (Å²) in [4.78, 5) is 7.94. The molecule has 2 atom stereocenters. The third kappa shape index (κ3) is 3.42. The molecule has 3 nitrogen and oxygen atoms in total. The molecule has 14 heavy (non-hydrogen) atoms. The minimum Gasteiger partial charge on any atom is -0.324 e. The van der Waals surface area contributed by atoms with Crippen LogP contribution in [0.5, 0.6) is 0 Å². The van der Waals surface area contributed by atoms with E-state index in [9.17, 15) is 0 Å². The van der Waals surface area contributed by atoms with E-state index in [4.69, 9.17) is 5.73 Å². The zero-order valence-electron chi connectivity index (χ0n) is 8.98. The van der Waals surface area contributed by atoms with Gasteiger partial charge in [-0.1, -0.05) is 26.7 Å². The minimum absolute atomic E-state index is 0.0812. The highest BCUT2D eigenvalue weighted by Crippen LogP contribution is 2.20. The Hall–Kier alpha value is -0.960.